The molecule has 1 heterocycles. The third kappa shape index (κ3) is 2.89. The minimum Gasteiger partial charge on any atom is -0.760 e. The Kier molecular flexibility index (Phi) is 3.93. The largest absolute Gasteiger partial charge is 0.760 e. The highest BCUT2D eigenvalue weighted by atomic mass is 17.1. The first-order valence-electron chi connectivity index (χ1n) is 5.88. The molecule has 2 rings (SSSR count). The molecular formula is C10H18N2O3-2. The summed E-state index contributed by atoms with van der Waals surface area (Å²) in [7, 11) is 0. The van der Waals surface area contributed by atoms with Gasteiger partial charge in [0.1, 0.15) is 0 Å². The fourth-order valence-electron chi connectivity index (χ4n) is 2.42. The van der Waals surface area contributed by atoms with Crippen molar-refractivity contribution in [3.8, 4) is 0 Å². The molecule has 1 saturated heterocycles. The van der Waals surface area contributed by atoms with Gasteiger partial charge in [0, 0.05) is 12.1 Å². The van der Waals surface area contributed by atoms with Gasteiger partial charge in [-0.05, 0) is 25.7 Å². The zero-order valence-corrected chi connectivity index (χ0v) is 8.93. The summed E-state index contributed by atoms with van der Waals surface area (Å²) in [6.45, 7) is 0. The summed E-state index contributed by atoms with van der Waals surface area (Å²) < 4.78 is 0. The van der Waals surface area contributed by atoms with Crippen molar-refractivity contribution in [2.24, 2.45) is 0 Å². The van der Waals surface area contributed by atoms with Gasteiger partial charge >= 0.3 is 0 Å². The zero-order chi connectivity index (χ0) is 10.7. The Morgan fingerprint density at radius 1 is 0.733 bits per heavy atom. The molecule has 2 unspecified atom stereocenters. The molecule has 15 heavy (non-hydrogen) atoms. The number of fused-ring (bicyclic) bond motifs is 3. The van der Waals surface area contributed by atoms with E-state index in [1.807, 2.05) is 0 Å². The molecule has 1 saturated carbocycles. The number of hydrogen-bond donors (Lipinski definition) is 0. The molecule has 2 aliphatic rings. The quantitative estimate of drug-likeness (QED) is 0.619. The van der Waals surface area contributed by atoms with E-state index in [0.29, 0.717) is 10.5 Å². The maximum absolute atomic E-state index is 11.5. The van der Waals surface area contributed by atoms with Crippen molar-refractivity contribution in [1.82, 2.24) is 10.5 Å². The van der Waals surface area contributed by atoms with Crippen LogP contribution in [-0.4, -0.2) is 22.5 Å². The molecule has 88 valence electrons. The molecule has 0 radical (unpaired) electrons. The van der Waals surface area contributed by atoms with Gasteiger partial charge in [0.05, 0.1) is 0 Å². The molecule has 5 nitrogen and oxygen atoms in total. The molecule has 0 aromatic rings. The van der Waals surface area contributed by atoms with Crippen LogP contribution < -0.4 is 0 Å². The first kappa shape index (κ1) is 11.3. The summed E-state index contributed by atoms with van der Waals surface area (Å²) in [6.07, 6.45) is 7.73. The molecule has 0 amide bonds. The molecule has 2 bridgehead atoms. The summed E-state index contributed by atoms with van der Waals surface area (Å²) in [5.41, 5.74) is 0. The molecule has 1 aliphatic heterocycles. The lowest BCUT2D eigenvalue weighted by Gasteiger charge is -2.40. The second-order valence-electron chi connectivity index (χ2n) is 4.53. The zero-order valence-electron chi connectivity index (χ0n) is 8.93. The minimum atomic E-state index is -0.121. The van der Waals surface area contributed by atoms with E-state index in [-0.39, 0.29) is 12.1 Å². The topological polar surface area (TPSA) is 61.8 Å². The van der Waals surface area contributed by atoms with Crippen LogP contribution in [0.15, 0.2) is 0 Å². The van der Waals surface area contributed by atoms with Crippen LogP contribution in [0.5, 0.6) is 0 Å². The highest BCUT2D eigenvalue weighted by Crippen LogP contribution is 2.27. The summed E-state index contributed by atoms with van der Waals surface area (Å²) >= 11 is 0. The van der Waals surface area contributed by atoms with Crippen LogP contribution in [0.2, 0.25) is 0 Å². The van der Waals surface area contributed by atoms with E-state index in [1.165, 1.54) is 0 Å². The van der Waals surface area contributed by atoms with Crippen molar-refractivity contribution in [2.45, 2.75) is 63.5 Å². The lowest BCUT2D eigenvalue weighted by atomic mass is 9.95. The summed E-state index contributed by atoms with van der Waals surface area (Å²) in [6, 6.07) is -0.242. The van der Waals surface area contributed by atoms with Gasteiger partial charge in [-0.2, -0.15) is 0 Å². The Balaban J connectivity index is 2.04. The smallest absolute Gasteiger partial charge is 0.0238 e. The van der Waals surface area contributed by atoms with Crippen molar-refractivity contribution < 1.29 is 4.94 Å². The average molecular weight is 214 g/mol. The van der Waals surface area contributed by atoms with Crippen LogP contribution in [0.3, 0.4) is 0 Å². The second kappa shape index (κ2) is 5.23. The molecule has 5 heteroatoms. The maximum atomic E-state index is 11.5. The Hall–Kier alpha value is -0.200. The number of nitrogens with zero attached hydrogens (tertiary/aromatic N) is 2. The van der Waals surface area contributed by atoms with Crippen LogP contribution in [0.1, 0.15) is 51.4 Å². The molecule has 2 atom stereocenters. The van der Waals surface area contributed by atoms with Gasteiger partial charge in [-0.1, -0.05) is 25.7 Å². The SMILES string of the molecule is [O-]N1ON([O-])C2CCCCCCC1CC2. The van der Waals surface area contributed by atoms with E-state index in [9.17, 15) is 10.4 Å². The standard InChI is InChI=1S/C10H18N2O3/c13-11-9-5-3-1-2-4-6-10(8-7-9)12(14)15-11/h9-10H,1-8H2/q-2. The van der Waals surface area contributed by atoms with Crippen molar-refractivity contribution in [2.75, 3.05) is 0 Å². The lowest BCUT2D eigenvalue weighted by molar-refractivity contribution is -0.300. The second-order valence-corrected chi connectivity index (χ2v) is 4.53. The van der Waals surface area contributed by atoms with Gasteiger partial charge in [-0.25, -0.2) is 15.4 Å². The fourth-order valence-corrected chi connectivity index (χ4v) is 2.42. The molecule has 0 N–H and O–H groups in total. The highest BCUT2D eigenvalue weighted by Gasteiger charge is 2.23. The van der Waals surface area contributed by atoms with Crippen molar-refractivity contribution >= 4 is 0 Å². The maximum Gasteiger partial charge on any atom is 0.0238 e. The Labute approximate surface area is 90.0 Å². The first-order chi connectivity index (χ1) is 7.27. The Morgan fingerprint density at radius 3 is 1.67 bits per heavy atom. The average Bonchev–Trinajstić information content (AvgIpc) is 2.37. The highest BCUT2D eigenvalue weighted by molar-refractivity contribution is 4.77. The van der Waals surface area contributed by atoms with Gasteiger partial charge in [-0.3, -0.25) is 0 Å². The van der Waals surface area contributed by atoms with Gasteiger partial charge in [0.15, 0.2) is 0 Å². The van der Waals surface area contributed by atoms with E-state index in [2.05, 4.69) is 0 Å². The fraction of sp³-hybridized carbons (Fsp3) is 1.00. The normalized spacial score (nSPS) is 36.4. The van der Waals surface area contributed by atoms with E-state index in [4.69, 9.17) is 4.94 Å². The van der Waals surface area contributed by atoms with Gasteiger partial charge < -0.3 is 10.4 Å². The minimum absolute atomic E-state index is 0.121. The molecule has 2 fully saturated rings. The number of hydroxylamine groups is 4. The monoisotopic (exact) mass is 214 g/mol. The predicted octanol–water partition coefficient (Wildman–Crippen LogP) is 2.32. The number of hydrogen-bond acceptors (Lipinski definition) is 5. The third-order valence-corrected chi connectivity index (χ3v) is 3.42. The van der Waals surface area contributed by atoms with Crippen LogP contribution in [-0.2, 0) is 4.94 Å². The molecular weight excluding hydrogens is 196 g/mol. The van der Waals surface area contributed by atoms with Gasteiger partial charge in [0.25, 0.3) is 0 Å². The molecule has 0 spiro atoms. The third-order valence-electron chi connectivity index (χ3n) is 3.42. The summed E-state index contributed by atoms with van der Waals surface area (Å²) in [4.78, 5) is 4.72. The van der Waals surface area contributed by atoms with Crippen molar-refractivity contribution in [3.05, 3.63) is 10.4 Å². The van der Waals surface area contributed by atoms with Crippen LogP contribution in [0.4, 0.5) is 0 Å². The van der Waals surface area contributed by atoms with E-state index < -0.39 is 0 Å². The van der Waals surface area contributed by atoms with E-state index in [0.717, 1.165) is 51.4 Å². The van der Waals surface area contributed by atoms with Crippen molar-refractivity contribution in [1.29, 1.82) is 0 Å². The molecule has 1 aliphatic carbocycles. The van der Waals surface area contributed by atoms with Gasteiger partial charge in [0.2, 0.25) is 0 Å². The molecule has 0 aromatic carbocycles. The number of rotatable bonds is 0. The van der Waals surface area contributed by atoms with E-state index in [1.54, 1.807) is 0 Å². The summed E-state index contributed by atoms with van der Waals surface area (Å²) in [5.74, 6) is 0. The first-order valence-corrected chi connectivity index (χ1v) is 5.88. The van der Waals surface area contributed by atoms with Crippen LogP contribution >= 0.6 is 0 Å². The van der Waals surface area contributed by atoms with Crippen LogP contribution in [0.25, 0.3) is 0 Å². The van der Waals surface area contributed by atoms with Gasteiger partial charge in [-0.15, -0.1) is 0 Å². The summed E-state index contributed by atoms with van der Waals surface area (Å²) in [5, 5.41) is 24.0. The predicted molar refractivity (Wildman–Crippen MR) is 56.0 cm³/mol. The van der Waals surface area contributed by atoms with E-state index >= 15 is 0 Å². The Bertz CT molecular complexity index is 183. The van der Waals surface area contributed by atoms with Crippen molar-refractivity contribution in [3.63, 3.8) is 0 Å². The Morgan fingerprint density at radius 2 is 1.20 bits per heavy atom. The van der Waals surface area contributed by atoms with Crippen LogP contribution in [0, 0.1) is 10.4 Å². The molecule has 0 aromatic heterocycles. The lowest BCUT2D eigenvalue weighted by Crippen LogP contribution is -2.35.